The molecule has 2 aliphatic rings. The number of carbonyl (C=O) groups excluding carboxylic acids is 2. The summed E-state index contributed by atoms with van der Waals surface area (Å²) in [6.45, 7) is 2.62. The quantitative estimate of drug-likeness (QED) is 0.365. The summed E-state index contributed by atoms with van der Waals surface area (Å²) >= 11 is 0. The minimum Gasteiger partial charge on any atom is -0.494 e. The van der Waals surface area contributed by atoms with Crippen molar-refractivity contribution in [3.8, 4) is 11.5 Å². The smallest absolute Gasteiger partial charge is 0.311 e. The number of hydrogen-bond acceptors (Lipinski definition) is 8. The predicted octanol–water partition coefficient (Wildman–Crippen LogP) is 2.96. The van der Waals surface area contributed by atoms with Gasteiger partial charge in [-0.2, -0.15) is 0 Å². The van der Waals surface area contributed by atoms with E-state index >= 15 is 0 Å². The molecular weight excluding hydrogens is 420 g/mol. The van der Waals surface area contributed by atoms with Crippen molar-refractivity contribution >= 4 is 23.3 Å². The first-order chi connectivity index (χ1) is 15.5. The molecule has 10 nitrogen and oxygen atoms in total. The van der Waals surface area contributed by atoms with E-state index in [2.05, 4.69) is 0 Å². The summed E-state index contributed by atoms with van der Waals surface area (Å²) in [5.41, 5.74) is 1.45. The van der Waals surface area contributed by atoms with Gasteiger partial charge in [0.05, 0.1) is 24.1 Å². The molecule has 2 aromatic carbocycles. The van der Waals surface area contributed by atoms with Crippen LogP contribution < -0.4 is 14.4 Å². The Kier molecular flexibility index (Phi) is 6.22. The van der Waals surface area contributed by atoms with Crippen LogP contribution >= 0.6 is 0 Å². The first kappa shape index (κ1) is 21.6. The molecule has 1 atom stereocenters. The van der Waals surface area contributed by atoms with Gasteiger partial charge in [0.2, 0.25) is 5.91 Å². The Morgan fingerprint density at radius 2 is 2.06 bits per heavy atom. The monoisotopic (exact) mass is 442 g/mol. The molecule has 0 spiro atoms. The number of nitro groups is 1. The second kappa shape index (κ2) is 9.23. The lowest BCUT2D eigenvalue weighted by Crippen LogP contribution is -2.26. The summed E-state index contributed by atoms with van der Waals surface area (Å²) in [5, 5.41) is 11.2. The lowest BCUT2D eigenvalue weighted by atomic mass is 10.1. The molecule has 0 bridgehead atoms. The number of carbonyl (C=O) groups is 2. The molecule has 10 heteroatoms. The number of benzene rings is 2. The third-order valence-corrected chi connectivity index (χ3v) is 5.27. The average Bonchev–Trinajstić information content (AvgIpc) is 3.19. The molecule has 4 rings (SSSR count). The summed E-state index contributed by atoms with van der Waals surface area (Å²) in [4.78, 5) is 37.3. The van der Waals surface area contributed by atoms with E-state index in [1.54, 1.807) is 24.3 Å². The number of nitro benzene ring substituents is 1. The summed E-state index contributed by atoms with van der Waals surface area (Å²) in [7, 11) is 0. The van der Waals surface area contributed by atoms with Crippen LogP contribution in [-0.2, 0) is 32.3 Å². The minimum atomic E-state index is -0.632. The standard InChI is InChI=1S/C22H22N2O8/c1-2-30-19-5-3-17(4-6-19)23-10-14(9-20(23)25)22(26)31-12-16-8-18(24(27)28)7-15-11-29-13-32-21(15)16/h3-8,14H,2,9-13H2,1H3. The van der Waals surface area contributed by atoms with Gasteiger partial charge >= 0.3 is 5.97 Å². The molecule has 1 saturated heterocycles. The molecule has 32 heavy (non-hydrogen) atoms. The Morgan fingerprint density at radius 3 is 2.78 bits per heavy atom. The van der Waals surface area contributed by atoms with Gasteiger partial charge in [-0.05, 0) is 31.2 Å². The van der Waals surface area contributed by atoms with Crippen LogP contribution in [0.3, 0.4) is 0 Å². The van der Waals surface area contributed by atoms with Gasteiger partial charge in [-0.15, -0.1) is 0 Å². The highest BCUT2D eigenvalue weighted by Crippen LogP contribution is 2.34. The Balaban J connectivity index is 1.42. The van der Waals surface area contributed by atoms with E-state index in [0.717, 1.165) is 0 Å². The van der Waals surface area contributed by atoms with Gasteiger partial charge < -0.3 is 23.8 Å². The Labute approximate surface area is 183 Å². The van der Waals surface area contributed by atoms with Crippen molar-refractivity contribution in [1.29, 1.82) is 0 Å². The van der Waals surface area contributed by atoms with Gasteiger partial charge in [0.15, 0.2) is 6.79 Å². The van der Waals surface area contributed by atoms with Gasteiger partial charge in [-0.1, -0.05) is 0 Å². The normalized spacial score (nSPS) is 17.5. The van der Waals surface area contributed by atoms with E-state index in [-0.39, 0.29) is 44.6 Å². The number of esters is 1. The van der Waals surface area contributed by atoms with E-state index < -0.39 is 16.8 Å². The van der Waals surface area contributed by atoms with Crippen LogP contribution in [0, 0.1) is 16.0 Å². The number of non-ortho nitro benzene ring substituents is 1. The first-order valence-electron chi connectivity index (χ1n) is 10.2. The molecule has 2 heterocycles. The fraction of sp³-hybridized carbons (Fsp3) is 0.364. The van der Waals surface area contributed by atoms with Crippen molar-refractivity contribution in [3.63, 3.8) is 0 Å². The van der Waals surface area contributed by atoms with Gasteiger partial charge in [0, 0.05) is 41.9 Å². The third-order valence-electron chi connectivity index (χ3n) is 5.27. The van der Waals surface area contributed by atoms with Gasteiger partial charge in [-0.3, -0.25) is 19.7 Å². The molecule has 1 unspecified atom stereocenters. The lowest BCUT2D eigenvalue weighted by molar-refractivity contribution is -0.385. The molecule has 0 aliphatic carbocycles. The molecule has 1 amide bonds. The number of ether oxygens (including phenoxy) is 4. The zero-order chi connectivity index (χ0) is 22.7. The number of anilines is 1. The Bertz CT molecular complexity index is 1040. The zero-order valence-corrected chi connectivity index (χ0v) is 17.4. The highest BCUT2D eigenvalue weighted by atomic mass is 16.7. The van der Waals surface area contributed by atoms with Crippen LogP contribution in [0.1, 0.15) is 24.5 Å². The predicted molar refractivity (Wildman–Crippen MR) is 111 cm³/mol. The summed E-state index contributed by atoms with van der Waals surface area (Å²) in [5.74, 6) is -0.226. The van der Waals surface area contributed by atoms with Crippen molar-refractivity contribution in [3.05, 3.63) is 57.6 Å². The average molecular weight is 442 g/mol. The minimum absolute atomic E-state index is 0.0138. The van der Waals surface area contributed by atoms with E-state index in [0.29, 0.717) is 34.9 Å². The van der Waals surface area contributed by atoms with Crippen molar-refractivity contribution in [2.24, 2.45) is 5.92 Å². The van der Waals surface area contributed by atoms with Gasteiger partial charge in [0.25, 0.3) is 5.69 Å². The summed E-state index contributed by atoms with van der Waals surface area (Å²) in [6.07, 6.45) is 0.0312. The summed E-state index contributed by atoms with van der Waals surface area (Å²) in [6, 6.07) is 9.78. The molecule has 0 N–H and O–H groups in total. The van der Waals surface area contributed by atoms with Crippen LogP contribution in [0.4, 0.5) is 11.4 Å². The summed E-state index contributed by atoms with van der Waals surface area (Å²) < 4.78 is 21.5. The topological polar surface area (TPSA) is 117 Å². The van der Waals surface area contributed by atoms with Crippen molar-refractivity contribution < 1.29 is 33.5 Å². The fourth-order valence-corrected chi connectivity index (χ4v) is 3.76. The number of nitrogens with zero attached hydrogens (tertiary/aromatic N) is 2. The second-order valence-electron chi connectivity index (χ2n) is 7.40. The van der Waals surface area contributed by atoms with E-state index in [1.807, 2.05) is 6.92 Å². The highest BCUT2D eigenvalue weighted by Gasteiger charge is 2.36. The van der Waals surface area contributed by atoms with Crippen molar-refractivity contribution in [2.45, 2.75) is 26.6 Å². The maximum Gasteiger partial charge on any atom is 0.311 e. The van der Waals surface area contributed by atoms with E-state index in [9.17, 15) is 19.7 Å². The second-order valence-corrected chi connectivity index (χ2v) is 7.40. The number of rotatable bonds is 7. The van der Waals surface area contributed by atoms with Crippen molar-refractivity contribution in [2.75, 3.05) is 24.8 Å². The zero-order valence-electron chi connectivity index (χ0n) is 17.4. The third kappa shape index (κ3) is 4.50. The highest BCUT2D eigenvalue weighted by molar-refractivity contribution is 5.99. The number of fused-ring (bicyclic) bond motifs is 1. The number of hydrogen-bond donors (Lipinski definition) is 0. The van der Waals surface area contributed by atoms with Crippen LogP contribution in [0.15, 0.2) is 36.4 Å². The molecule has 0 aromatic heterocycles. The van der Waals surface area contributed by atoms with Gasteiger partial charge in [0.1, 0.15) is 18.1 Å². The lowest BCUT2D eigenvalue weighted by Gasteiger charge is -2.21. The maximum atomic E-state index is 12.6. The van der Waals surface area contributed by atoms with Crippen LogP contribution in [0.2, 0.25) is 0 Å². The first-order valence-corrected chi connectivity index (χ1v) is 10.2. The molecule has 2 aliphatic heterocycles. The van der Waals surface area contributed by atoms with Crippen LogP contribution in [-0.4, -0.2) is 36.7 Å². The molecule has 0 radical (unpaired) electrons. The van der Waals surface area contributed by atoms with Crippen LogP contribution in [0.5, 0.6) is 11.5 Å². The Morgan fingerprint density at radius 1 is 1.28 bits per heavy atom. The number of amides is 1. The molecular formula is C22H22N2O8. The van der Waals surface area contributed by atoms with E-state index in [4.69, 9.17) is 18.9 Å². The molecule has 168 valence electrons. The Hall–Kier alpha value is -3.66. The van der Waals surface area contributed by atoms with E-state index in [1.165, 1.54) is 17.0 Å². The molecule has 0 saturated carbocycles. The SMILES string of the molecule is CCOc1ccc(N2CC(C(=O)OCc3cc([N+](=O)[O-])cc4c3OCOC4)CC2=O)cc1. The van der Waals surface area contributed by atoms with Crippen LogP contribution in [0.25, 0.3) is 0 Å². The molecule has 2 aromatic rings. The van der Waals surface area contributed by atoms with Crippen molar-refractivity contribution in [1.82, 2.24) is 0 Å². The van der Waals surface area contributed by atoms with Gasteiger partial charge in [-0.25, -0.2) is 0 Å². The maximum absolute atomic E-state index is 12.6. The largest absolute Gasteiger partial charge is 0.494 e. The fourth-order valence-electron chi connectivity index (χ4n) is 3.76. The molecule has 1 fully saturated rings.